The number of benzene rings is 2. The molecule has 0 heterocycles. The minimum atomic E-state index is -0.0692. The monoisotopic (exact) mass is 363 g/mol. The molecule has 1 amide bonds. The molecule has 2 aromatic rings. The van der Waals surface area contributed by atoms with Crippen LogP contribution in [0.25, 0.3) is 0 Å². The maximum Gasteiger partial charge on any atom is 0.252 e. The van der Waals surface area contributed by atoms with Gasteiger partial charge in [0.2, 0.25) is 0 Å². The van der Waals surface area contributed by atoms with E-state index in [9.17, 15) is 4.79 Å². The number of fused-ring (bicyclic) bond motifs is 1. The lowest BCUT2D eigenvalue weighted by molar-refractivity contribution is 0.0932. The van der Waals surface area contributed by atoms with Crippen molar-refractivity contribution < 1.29 is 4.79 Å². The minimum absolute atomic E-state index is 0.0692. The number of rotatable bonds is 2. The Hall–Kier alpha value is -1.32. The smallest absolute Gasteiger partial charge is 0.252 e. The Balaban J connectivity index is 1.83. The third-order valence-corrected chi connectivity index (χ3v) is 4.74. The molecule has 0 fully saturated rings. The van der Waals surface area contributed by atoms with Crippen LogP contribution in [0.3, 0.4) is 0 Å². The molecule has 4 heteroatoms. The van der Waals surface area contributed by atoms with Crippen molar-refractivity contribution in [1.29, 1.82) is 0 Å². The molecular formula is C17H15BrClNO. The molecule has 0 aromatic heterocycles. The highest BCUT2D eigenvalue weighted by Gasteiger charge is 2.22. The van der Waals surface area contributed by atoms with Crippen LogP contribution in [-0.4, -0.2) is 5.91 Å². The van der Waals surface area contributed by atoms with E-state index in [0.29, 0.717) is 10.6 Å². The Morgan fingerprint density at radius 3 is 2.86 bits per heavy atom. The van der Waals surface area contributed by atoms with E-state index in [1.807, 2.05) is 6.07 Å². The second-order valence-corrected chi connectivity index (χ2v) is 6.53. The lowest BCUT2D eigenvalue weighted by Gasteiger charge is -2.26. The molecule has 0 saturated heterocycles. The van der Waals surface area contributed by atoms with Gasteiger partial charge in [-0.05, 0) is 64.5 Å². The molecule has 0 spiro atoms. The van der Waals surface area contributed by atoms with Crippen molar-refractivity contribution in [3.8, 4) is 0 Å². The first kappa shape index (κ1) is 14.6. The Bertz CT molecular complexity index is 686. The Labute approximate surface area is 137 Å². The average molecular weight is 365 g/mol. The summed E-state index contributed by atoms with van der Waals surface area (Å²) < 4.78 is 0.719. The van der Waals surface area contributed by atoms with Crippen molar-refractivity contribution in [2.45, 2.75) is 25.3 Å². The number of hydrogen-bond acceptors (Lipinski definition) is 1. The molecule has 1 aliphatic carbocycles. The number of amides is 1. The highest BCUT2D eigenvalue weighted by atomic mass is 79.9. The van der Waals surface area contributed by atoms with Crippen molar-refractivity contribution >= 4 is 33.4 Å². The van der Waals surface area contributed by atoms with E-state index in [2.05, 4.69) is 39.4 Å². The van der Waals surface area contributed by atoms with Gasteiger partial charge in [-0.2, -0.15) is 0 Å². The maximum atomic E-state index is 12.5. The lowest BCUT2D eigenvalue weighted by atomic mass is 9.87. The Morgan fingerprint density at radius 1 is 1.24 bits per heavy atom. The summed E-state index contributed by atoms with van der Waals surface area (Å²) >= 11 is 9.32. The summed E-state index contributed by atoms with van der Waals surface area (Å²) in [6.07, 6.45) is 3.17. The fourth-order valence-electron chi connectivity index (χ4n) is 2.81. The molecule has 108 valence electrons. The van der Waals surface area contributed by atoms with Crippen molar-refractivity contribution in [3.05, 3.63) is 68.7 Å². The van der Waals surface area contributed by atoms with Gasteiger partial charge < -0.3 is 5.32 Å². The zero-order valence-corrected chi connectivity index (χ0v) is 13.7. The normalized spacial score (nSPS) is 17.1. The summed E-state index contributed by atoms with van der Waals surface area (Å²) in [7, 11) is 0. The fraction of sp³-hybridized carbons (Fsp3) is 0.235. The van der Waals surface area contributed by atoms with Gasteiger partial charge >= 0.3 is 0 Å². The third-order valence-electron chi connectivity index (χ3n) is 3.85. The topological polar surface area (TPSA) is 29.1 Å². The van der Waals surface area contributed by atoms with Crippen LogP contribution in [0, 0.1) is 0 Å². The summed E-state index contributed by atoms with van der Waals surface area (Å²) in [5.41, 5.74) is 3.19. The quantitative estimate of drug-likeness (QED) is 0.806. The molecule has 2 nitrogen and oxygen atoms in total. The molecule has 0 aliphatic heterocycles. The van der Waals surface area contributed by atoms with Crippen molar-refractivity contribution in [2.75, 3.05) is 0 Å². The number of aryl methyl sites for hydroxylation is 1. The molecular weight excluding hydrogens is 350 g/mol. The summed E-state index contributed by atoms with van der Waals surface area (Å²) in [5, 5.41) is 3.75. The molecule has 1 atom stereocenters. The van der Waals surface area contributed by atoms with Crippen LogP contribution in [0.4, 0.5) is 0 Å². The van der Waals surface area contributed by atoms with Gasteiger partial charge in [0, 0.05) is 9.50 Å². The molecule has 1 N–H and O–H groups in total. The van der Waals surface area contributed by atoms with E-state index in [0.717, 1.165) is 23.7 Å². The molecule has 3 rings (SSSR count). The van der Waals surface area contributed by atoms with Crippen LogP contribution < -0.4 is 5.32 Å². The number of nitrogens with one attached hydrogen (secondary N) is 1. The Morgan fingerprint density at radius 2 is 2.05 bits per heavy atom. The number of carbonyl (C=O) groups is 1. The largest absolute Gasteiger partial charge is 0.345 e. The second kappa shape index (κ2) is 6.20. The first-order valence-corrected chi connectivity index (χ1v) is 8.16. The predicted octanol–water partition coefficient (Wildman–Crippen LogP) is 4.91. The highest BCUT2D eigenvalue weighted by molar-refractivity contribution is 9.10. The van der Waals surface area contributed by atoms with E-state index < -0.39 is 0 Å². The first-order valence-electron chi connectivity index (χ1n) is 6.99. The van der Waals surface area contributed by atoms with Gasteiger partial charge in [-0.3, -0.25) is 4.79 Å². The van der Waals surface area contributed by atoms with E-state index in [1.165, 1.54) is 11.1 Å². The zero-order chi connectivity index (χ0) is 14.8. The number of carbonyl (C=O) groups excluding carboxylic acids is 1. The van der Waals surface area contributed by atoms with Gasteiger partial charge in [-0.25, -0.2) is 0 Å². The summed E-state index contributed by atoms with van der Waals surface area (Å²) in [5.74, 6) is -0.0692. The minimum Gasteiger partial charge on any atom is -0.345 e. The van der Waals surface area contributed by atoms with Gasteiger partial charge in [-0.15, -0.1) is 0 Å². The standard InChI is InChI=1S/C17H15BrClNO/c18-15-10-12(19)8-9-14(15)17(21)20-16-7-3-5-11-4-1-2-6-13(11)16/h1-2,4,6,8-10,16H,3,5,7H2,(H,20,21). The van der Waals surface area contributed by atoms with Gasteiger partial charge in [-0.1, -0.05) is 35.9 Å². The third kappa shape index (κ3) is 3.14. The maximum absolute atomic E-state index is 12.5. The molecule has 2 aromatic carbocycles. The zero-order valence-electron chi connectivity index (χ0n) is 11.4. The summed E-state index contributed by atoms with van der Waals surface area (Å²) in [6.45, 7) is 0. The number of hydrogen-bond donors (Lipinski definition) is 1. The average Bonchev–Trinajstić information content (AvgIpc) is 2.47. The van der Waals surface area contributed by atoms with Gasteiger partial charge in [0.1, 0.15) is 0 Å². The van der Waals surface area contributed by atoms with E-state index in [4.69, 9.17) is 11.6 Å². The highest BCUT2D eigenvalue weighted by Crippen LogP contribution is 2.30. The van der Waals surface area contributed by atoms with Crippen LogP contribution in [0.15, 0.2) is 46.9 Å². The molecule has 0 radical (unpaired) electrons. The summed E-state index contributed by atoms with van der Waals surface area (Å²) in [4.78, 5) is 12.5. The van der Waals surface area contributed by atoms with Crippen molar-refractivity contribution in [2.24, 2.45) is 0 Å². The first-order chi connectivity index (χ1) is 10.1. The van der Waals surface area contributed by atoms with Crippen LogP contribution >= 0.6 is 27.5 Å². The Kier molecular flexibility index (Phi) is 4.32. The van der Waals surface area contributed by atoms with Crippen molar-refractivity contribution in [1.82, 2.24) is 5.32 Å². The molecule has 1 unspecified atom stereocenters. The van der Waals surface area contributed by atoms with Crippen LogP contribution in [0.5, 0.6) is 0 Å². The van der Waals surface area contributed by atoms with Gasteiger partial charge in [0.25, 0.3) is 5.91 Å². The molecule has 0 bridgehead atoms. The number of halogens is 2. The van der Waals surface area contributed by atoms with Gasteiger partial charge in [0.15, 0.2) is 0 Å². The lowest BCUT2D eigenvalue weighted by Crippen LogP contribution is -2.31. The second-order valence-electron chi connectivity index (χ2n) is 5.24. The van der Waals surface area contributed by atoms with Crippen LogP contribution in [-0.2, 0) is 6.42 Å². The van der Waals surface area contributed by atoms with Crippen LogP contribution in [0.2, 0.25) is 5.02 Å². The molecule has 1 aliphatic rings. The van der Waals surface area contributed by atoms with E-state index in [1.54, 1.807) is 18.2 Å². The predicted molar refractivity (Wildman–Crippen MR) is 88.7 cm³/mol. The SMILES string of the molecule is O=C(NC1CCCc2ccccc21)c1ccc(Cl)cc1Br. The van der Waals surface area contributed by atoms with E-state index in [-0.39, 0.29) is 11.9 Å². The van der Waals surface area contributed by atoms with Crippen LogP contribution in [0.1, 0.15) is 40.4 Å². The van der Waals surface area contributed by atoms with Gasteiger partial charge in [0.05, 0.1) is 11.6 Å². The van der Waals surface area contributed by atoms with E-state index >= 15 is 0 Å². The molecule has 0 saturated carbocycles. The summed E-state index contributed by atoms with van der Waals surface area (Å²) in [6, 6.07) is 13.6. The van der Waals surface area contributed by atoms with Crippen molar-refractivity contribution in [3.63, 3.8) is 0 Å². The molecule has 21 heavy (non-hydrogen) atoms. The fourth-order valence-corrected chi connectivity index (χ4v) is 3.68.